The van der Waals surface area contributed by atoms with Crippen LogP contribution in [0, 0.1) is 0 Å². The standard InChI is InChI=1S/C13H12ClNO2S/c14-10-4-2-1-3-9(10)12-6-5-8(18-12)7-11(15)13(16)17/h1-6,11H,7,15H2,(H,16,17). The maximum atomic E-state index is 10.7. The zero-order chi connectivity index (χ0) is 13.1. The highest BCUT2D eigenvalue weighted by molar-refractivity contribution is 7.15. The SMILES string of the molecule is NC(Cc1ccc(-c2ccccc2Cl)s1)C(=O)O. The van der Waals surface area contributed by atoms with Crippen molar-refractivity contribution < 1.29 is 9.90 Å². The number of halogens is 1. The molecule has 3 nitrogen and oxygen atoms in total. The van der Waals surface area contributed by atoms with Gasteiger partial charge in [-0.1, -0.05) is 29.8 Å². The summed E-state index contributed by atoms with van der Waals surface area (Å²) in [7, 11) is 0. The third-order valence-electron chi connectivity index (χ3n) is 2.54. The summed E-state index contributed by atoms with van der Waals surface area (Å²) in [5.74, 6) is -0.984. The number of carboxylic acids is 1. The highest BCUT2D eigenvalue weighted by Gasteiger charge is 2.14. The molecule has 1 aromatic heterocycles. The molecule has 94 valence electrons. The summed E-state index contributed by atoms with van der Waals surface area (Å²) >= 11 is 7.63. The third-order valence-corrected chi connectivity index (χ3v) is 4.01. The first-order chi connectivity index (χ1) is 8.58. The number of thiophene rings is 1. The predicted molar refractivity (Wildman–Crippen MR) is 74.1 cm³/mol. The summed E-state index contributed by atoms with van der Waals surface area (Å²) in [6.07, 6.45) is 0.338. The van der Waals surface area contributed by atoms with E-state index in [1.54, 1.807) is 0 Å². The zero-order valence-electron chi connectivity index (χ0n) is 9.47. The molecule has 0 aliphatic heterocycles. The molecule has 18 heavy (non-hydrogen) atoms. The van der Waals surface area contributed by atoms with Crippen LogP contribution in [0.3, 0.4) is 0 Å². The molecule has 1 heterocycles. The van der Waals surface area contributed by atoms with Crippen molar-refractivity contribution in [3.05, 3.63) is 46.3 Å². The lowest BCUT2D eigenvalue weighted by atomic mass is 10.2. The molecule has 2 aromatic rings. The number of carbonyl (C=O) groups is 1. The lowest BCUT2D eigenvalue weighted by molar-refractivity contribution is -0.138. The van der Waals surface area contributed by atoms with Gasteiger partial charge < -0.3 is 10.8 Å². The van der Waals surface area contributed by atoms with Crippen LogP contribution in [-0.2, 0) is 11.2 Å². The van der Waals surface area contributed by atoms with E-state index in [0.29, 0.717) is 11.4 Å². The Morgan fingerprint density at radius 3 is 2.72 bits per heavy atom. The quantitative estimate of drug-likeness (QED) is 0.905. The maximum absolute atomic E-state index is 10.7. The number of rotatable bonds is 4. The molecule has 0 saturated heterocycles. The molecular weight excluding hydrogens is 270 g/mol. The largest absolute Gasteiger partial charge is 0.480 e. The summed E-state index contributed by atoms with van der Waals surface area (Å²) in [5, 5.41) is 9.46. The molecule has 1 aromatic carbocycles. The second-order valence-electron chi connectivity index (χ2n) is 3.89. The van der Waals surface area contributed by atoms with Gasteiger partial charge in [0, 0.05) is 26.8 Å². The molecule has 0 aliphatic rings. The number of hydrogen-bond donors (Lipinski definition) is 2. The van der Waals surface area contributed by atoms with E-state index in [9.17, 15) is 4.79 Å². The second-order valence-corrected chi connectivity index (χ2v) is 5.47. The Morgan fingerprint density at radius 1 is 1.33 bits per heavy atom. The Bertz CT molecular complexity index is 568. The van der Waals surface area contributed by atoms with Gasteiger partial charge in [-0.05, 0) is 18.2 Å². The van der Waals surface area contributed by atoms with Crippen molar-refractivity contribution in [3.63, 3.8) is 0 Å². The van der Waals surface area contributed by atoms with E-state index in [2.05, 4.69) is 0 Å². The van der Waals surface area contributed by atoms with Gasteiger partial charge in [0.1, 0.15) is 6.04 Å². The molecule has 1 atom stereocenters. The van der Waals surface area contributed by atoms with Crippen LogP contribution in [0.2, 0.25) is 5.02 Å². The molecule has 0 radical (unpaired) electrons. The van der Waals surface area contributed by atoms with Gasteiger partial charge in [-0.3, -0.25) is 4.79 Å². The van der Waals surface area contributed by atoms with E-state index >= 15 is 0 Å². The minimum absolute atomic E-state index is 0.338. The van der Waals surface area contributed by atoms with Gasteiger partial charge >= 0.3 is 5.97 Å². The summed E-state index contributed by atoms with van der Waals surface area (Å²) < 4.78 is 0. The minimum atomic E-state index is -0.984. The van der Waals surface area contributed by atoms with Gasteiger partial charge in [0.15, 0.2) is 0 Å². The Balaban J connectivity index is 2.21. The van der Waals surface area contributed by atoms with Crippen LogP contribution in [0.25, 0.3) is 10.4 Å². The summed E-state index contributed by atoms with van der Waals surface area (Å²) in [6, 6.07) is 10.5. The Labute approximate surface area is 114 Å². The van der Waals surface area contributed by atoms with E-state index in [1.165, 1.54) is 11.3 Å². The Kier molecular flexibility index (Phi) is 4.01. The van der Waals surface area contributed by atoms with Gasteiger partial charge in [0.2, 0.25) is 0 Å². The maximum Gasteiger partial charge on any atom is 0.320 e. The number of benzene rings is 1. The normalized spacial score (nSPS) is 12.3. The second kappa shape index (κ2) is 5.52. The molecule has 1 unspecified atom stereocenters. The average Bonchev–Trinajstić information content (AvgIpc) is 2.77. The van der Waals surface area contributed by atoms with Gasteiger partial charge in [0.05, 0.1) is 0 Å². The monoisotopic (exact) mass is 281 g/mol. The van der Waals surface area contributed by atoms with Crippen molar-refractivity contribution >= 4 is 28.9 Å². The molecule has 2 rings (SSSR count). The highest BCUT2D eigenvalue weighted by Crippen LogP contribution is 2.33. The van der Waals surface area contributed by atoms with E-state index in [0.717, 1.165) is 15.3 Å². The minimum Gasteiger partial charge on any atom is -0.480 e. The number of aliphatic carboxylic acids is 1. The van der Waals surface area contributed by atoms with Crippen molar-refractivity contribution in [1.82, 2.24) is 0 Å². The number of carboxylic acid groups (broad SMARTS) is 1. The summed E-state index contributed by atoms with van der Waals surface area (Å²) in [5.41, 5.74) is 6.47. The predicted octanol–water partition coefficient (Wildman–Crippen LogP) is 3.02. The topological polar surface area (TPSA) is 63.3 Å². The molecular formula is C13H12ClNO2S. The zero-order valence-corrected chi connectivity index (χ0v) is 11.0. The number of hydrogen-bond acceptors (Lipinski definition) is 3. The molecule has 0 aliphatic carbocycles. The van der Waals surface area contributed by atoms with Crippen LogP contribution in [0.4, 0.5) is 0 Å². The lowest BCUT2D eigenvalue weighted by Crippen LogP contribution is -2.31. The first kappa shape index (κ1) is 13.1. The number of nitrogens with two attached hydrogens (primary N) is 1. The first-order valence-electron chi connectivity index (χ1n) is 5.40. The fourth-order valence-corrected chi connectivity index (χ4v) is 3.00. The van der Waals surface area contributed by atoms with Gasteiger partial charge in [-0.2, -0.15) is 0 Å². The van der Waals surface area contributed by atoms with Crippen molar-refractivity contribution in [2.45, 2.75) is 12.5 Å². The lowest BCUT2D eigenvalue weighted by Gasteiger charge is -2.03. The van der Waals surface area contributed by atoms with Crippen LogP contribution in [-0.4, -0.2) is 17.1 Å². The molecule has 0 saturated carbocycles. The third kappa shape index (κ3) is 2.90. The van der Waals surface area contributed by atoms with Gasteiger partial charge in [0.25, 0.3) is 0 Å². The molecule has 3 N–H and O–H groups in total. The summed E-state index contributed by atoms with van der Waals surface area (Å²) in [6.45, 7) is 0. The molecule has 5 heteroatoms. The van der Waals surface area contributed by atoms with Crippen LogP contribution in [0.1, 0.15) is 4.88 Å². The molecule has 0 fully saturated rings. The van der Waals surface area contributed by atoms with Crippen molar-refractivity contribution in [1.29, 1.82) is 0 Å². The van der Waals surface area contributed by atoms with Gasteiger partial charge in [-0.15, -0.1) is 11.3 Å². The molecule has 0 bridgehead atoms. The van der Waals surface area contributed by atoms with Crippen LogP contribution >= 0.6 is 22.9 Å². The molecule has 0 amide bonds. The Hall–Kier alpha value is -1.36. The van der Waals surface area contributed by atoms with Crippen molar-refractivity contribution in [2.24, 2.45) is 5.73 Å². The van der Waals surface area contributed by atoms with Crippen molar-refractivity contribution in [3.8, 4) is 10.4 Å². The summed E-state index contributed by atoms with van der Waals surface area (Å²) in [4.78, 5) is 12.7. The molecule has 0 spiro atoms. The van der Waals surface area contributed by atoms with Crippen LogP contribution in [0.15, 0.2) is 36.4 Å². The fourth-order valence-electron chi connectivity index (χ4n) is 1.60. The van der Waals surface area contributed by atoms with Gasteiger partial charge in [-0.25, -0.2) is 0 Å². The Morgan fingerprint density at radius 2 is 2.06 bits per heavy atom. The smallest absolute Gasteiger partial charge is 0.320 e. The fraction of sp³-hybridized carbons (Fsp3) is 0.154. The van der Waals surface area contributed by atoms with E-state index in [1.807, 2.05) is 36.4 Å². The van der Waals surface area contributed by atoms with E-state index in [-0.39, 0.29) is 0 Å². The van der Waals surface area contributed by atoms with Crippen LogP contribution < -0.4 is 5.73 Å². The average molecular weight is 282 g/mol. The first-order valence-corrected chi connectivity index (χ1v) is 6.59. The van der Waals surface area contributed by atoms with E-state index < -0.39 is 12.0 Å². The van der Waals surface area contributed by atoms with E-state index in [4.69, 9.17) is 22.4 Å². The highest BCUT2D eigenvalue weighted by atomic mass is 35.5. The van der Waals surface area contributed by atoms with Crippen LogP contribution in [0.5, 0.6) is 0 Å². The van der Waals surface area contributed by atoms with Crippen molar-refractivity contribution in [2.75, 3.05) is 0 Å².